The molecule has 0 aliphatic heterocycles. The largest absolute Gasteiger partial charge is 0.379 e. The molecular weight excluding hydrogens is 260 g/mol. The number of pyridine rings is 1. The first-order chi connectivity index (χ1) is 9.61. The van der Waals surface area contributed by atoms with Gasteiger partial charge in [0, 0.05) is 31.5 Å². The summed E-state index contributed by atoms with van der Waals surface area (Å²) in [5.41, 5.74) is 6.34. The van der Waals surface area contributed by atoms with Crippen molar-refractivity contribution >= 4 is 0 Å². The van der Waals surface area contributed by atoms with Crippen LogP contribution >= 0.6 is 0 Å². The highest BCUT2D eigenvalue weighted by molar-refractivity contribution is 5.51. The Balaban J connectivity index is 2.11. The molecule has 1 atom stereocenters. The van der Waals surface area contributed by atoms with Gasteiger partial charge in [0.1, 0.15) is 0 Å². The predicted octanol–water partition coefficient (Wildman–Crippen LogP) is 0.862. The molecule has 2 heterocycles. The van der Waals surface area contributed by atoms with Crippen molar-refractivity contribution in [3.8, 4) is 11.5 Å². The Kier molecular flexibility index (Phi) is 4.65. The molecule has 2 aromatic rings. The molecule has 0 aliphatic carbocycles. The fourth-order valence-corrected chi connectivity index (χ4v) is 1.61. The maximum atomic E-state index is 11.6. The summed E-state index contributed by atoms with van der Waals surface area (Å²) in [4.78, 5) is 15.8. The van der Waals surface area contributed by atoms with Crippen molar-refractivity contribution in [3.63, 3.8) is 0 Å². The summed E-state index contributed by atoms with van der Waals surface area (Å²) in [5.74, 6) is 0.653. The number of nitrogens with two attached hydrogens (primary N) is 1. The topological polar surface area (TPSA) is 96.2 Å². The van der Waals surface area contributed by atoms with E-state index in [1.165, 1.54) is 10.6 Å². The summed E-state index contributed by atoms with van der Waals surface area (Å²) in [6.07, 6.45) is 2.57. The third-order valence-electron chi connectivity index (χ3n) is 2.77. The van der Waals surface area contributed by atoms with E-state index in [2.05, 4.69) is 10.1 Å². The van der Waals surface area contributed by atoms with Crippen LogP contribution in [0.15, 0.2) is 27.6 Å². The van der Waals surface area contributed by atoms with Gasteiger partial charge < -0.3 is 19.6 Å². The highest BCUT2D eigenvalue weighted by atomic mass is 16.5. The lowest BCUT2D eigenvalue weighted by Gasteiger charge is -2.06. The van der Waals surface area contributed by atoms with Crippen molar-refractivity contribution in [1.82, 2.24) is 14.7 Å². The number of ether oxygens (including phenoxy) is 1. The number of nitrogens with zero attached hydrogens (tertiary/aromatic N) is 3. The highest BCUT2D eigenvalue weighted by Crippen LogP contribution is 2.17. The van der Waals surface area contributed by atoms with Gasteiger partial charge in [-0.25, -0.2) is 0 Å². The second-order valence-electron chi connectivity index (χ2n) is 4.50. The minimum atomic E-state index is -0.439. The first-order valence-electron chi connectivity index (χ1n) is 6.45. The summed E-state index contributed by atoms with van der Waals surface area (Å²) in [6.45, 7) is 3.00. The van der Waals surface area contributed by atoms with E-state index in [1.807, 2.05) is 6.92 Å². The SMILES string of the molecule is CCCOCC(N)c1noc(-c2ccn(C)c(=O)c2)n1. The van der Waals surface area contributed by atoms with E-state index in [0.717, 1.165) is 6.42 Å². The normalized spacial score (nSPS) is 12.6. The number of rotatable bonds is 6. The molecule has 7 nitrogen and oxygen atoms in total. The number of aryl methyl sites for hydroxylation is 1. The molecule has 1 unspecified atom stereocenters. The first kappa shape index (κ1) is 14.4. The Morgan fingerprint density at radius 2 is 2.35 bits per heavy atom. The maximum Gasteiger partial charge on any atom is 0.258 e. The Labute approximate surface area is 116 Å². The molecule has 0 amide bonds. The minimum absolute atomic E-state index is 0.141. The van der Waals surface area contributed by atoms with Crippen molar-refractivity contribution in [3.05, 3.63) is 34.5 Å². The van der Waals surface area contributed by atoms with Crippen LogP contribution < -0.4 is 11.3 Å². The van der Waals surface area contributed by atoms with E-state index in [9.17, 15) is 4.79 Å². The Bertz CT molecular complexity index is 620. The molecule has 7 heteroatoms. The Hall–Kier alpha value is -1.99. The molecule has 2 N–H and O–H groups in total. The molecule has 0 aromatic carbocycles. The molecule has 2 rings (SSSR count). The monoisotopic (exact) mass is 278 g/mol. The van der Waals surface area contributed by atoms with E-state index < -0.39 is 6.04 Å². The van der Waals surface area contributed by atoms with Crippen molar-refractivity contribution in [2.45, 2.75) is 19.4 Å². The van der Waals surface area contributed by atoms with Crippen LogP contribution in [0.2, 0.25) is 0 Å². The van der Waals surface area contributed by atoms with Crippen molar-refractivity contribution in [1.29, 1.82) is 0 Å². The summed E-state index contributed by atoms with van der Waals surface area (Å²) >= 11 is 0. The van der Waals surface area contributed by atoms with Gasteiger partial charge in [-0.3, -0.25) is 4.79 Å². The molecule has 0 fully saturated rings. The lowest BCUT2D eigenvalue weighted by atomic mass is 10.2. The van der Waals surface area contributed by atoms with Gasteiger partial charge in [-0.15, -0.1) is 0 Å². The van der Waals surface area contributed by atoms with Crippen LogP contribution in [0.25, 0.3) is 11.5 Å². The van der Waals surface area contributed by atoms with Crippen LogP contribution in [-0.4, -0.2) is 27.9 Å². The average Bonchev–Trinajstić information content (AvgIpc) is 2.92. The van der Waals surface area contributed by atoms with Gasteiger partial charge in [-0.1, -0.05) is 12.1 Å². The summed E-state index contributed by atoms with van der Waals surface area (Å²) in [6, 6.07) is 2.74. The molecule has 108 valence electrons. The maximum absolute atomic E-state index is 11.6. The summed E-state index contributed by atoms with van der Waals surface area (Å²) < 4.78 is 11.9. The van der Waals surface area contributed by atoms with Crippen LogP contribution in [0.1, 0.15) is 25.2 Å². The van der Waals surface area contributed by atoms with E-state index >= 15 is 0 Å². The molecule has 20 heavy (non-hydrogen) atoms. The van der Waals surface area contributed by atoms with Crippen LogP contribution in [0.3, 0.4) is 0 Å². The van der Waals surface area contributed by atoms with Crippen LogP contribution in [0.4, 0.5) is 0 Å². The van der Waals surface area contributed by atoms with Gasteiger partial charge >= 0.3 is 0 Å². The van der Waals surface area contributed by atoms with E-state index in [-0.39, 0.29) is 11.4 Å². The highest BCUT2D eigenvalue weighted by Gasteiger charge is 2.15. The van der Waals surface area contributed by atoms with Crippen molar-refractivity contribution < 1.29 is 9.26 Å². The van der Waals surface area contributed by atoms with E-state index in [1.54, 1.807) is 19.3 Å². The summed E-state index contributed by atoms with van der Waals surface area (Å²) in [5, 5.41) is 3.82. The molecule has 0 aliphatic rings. The second kappa shape index (κ2) is 6.44. The van der Waals surface area contributed by atoms with Gasteiger partial charge in [0.15, 0.2) is 5.82 Å². The lowest BCUT2D eigenvalue weighted by molar-refractivity contribution is 0.119. The van der Waals surface area contributed by atoms with Gasteiger partial charge in [0.05, 0.1) is 12.6 Å². The van der Waals surface area contributed by atoms with Gasteiger partial charge in [-0.05, 0) is 12.5 Å². The molecule has 0 bridgehead atoms. The van der Waals surface area contributed by atoms with E-state index in [4.69, 9.17) is 15.0 Å². The summed E-state index contributed by atoms with van der Waals surface area (Å²) in [7, 11) is 1.67. The van der Waals surface area contributed by atoms with Crippen molar-refractivity contribution in [2.75, 3.05) is 13.2 Å². The third-order valence-corrected chi connectivity index (χ3v) is 2.77. The first-order valence-corrected chi connectivity index (χ1v) is 6.45. The molecule has 0 saturated carbocycles. The fraction of sp³-hybridized carbons (Fsp3) is 0.462. The Morgan fingerprint density at radius 3 is 3.05 bits per heavy atom. The lowest BCUT2D eigenvalue weighted by Crippen LogP contribution is -2.18. The third kappa shape index (κ3) is 3.31. The zero-order chi connectivity index (χ0) is 14.5. The average molecular weight is 278 g/mol. The molecule has 2 aromatic heterocycles. The zero-order valence-electron chi connectivity index (χ0n) is 11.6. The number of hydrogen-bond donors (Lipinski definition) is 1. The van der Waals surface area contributed by atoms with Gasteiger partial charge in [0.2, 0.25) is 0 Å². The quantitative estimate of drug-likeness (QED) is 0.787. The minimum Gasteiger partial charge on any atom is -0.379 e. The van der Waals surface area contributed by atoms with Gasteiger partial charge in [-0.2, -0.15) is 4.98 Å². The van der Waals surface area contributed by atoms with Crippen LogP contribution in [0, 0.1) is 0 Å². The molecular formula is C13H18N4O3. The fourth-order valence-electron chi connectivity index (χ4n) is 1.61. The van der Waals surface area contributed by atoms with Crippen molar-refractivity contribution in [2.24, 2.45) is 12.8 Å². The Morgan fingerprint density at radius 1 is 1.55 bits per heavy atom. The molecule has 0 spiro atoms. The number of aromatic nitrogens is 3. The zero-order valence-corrected chi connectivity index (χ0v) is 11.6. The number of hydrogen-bond acceptors (Lipinski definition) is 6. The standard InChI is InChI=1S/C13H18N4O3/c1-3-6-19-8-10(14)12-15-13(20-16-12)9-4-5-17(2)11(18)7-9/h4-5,7,10H,3,6,8,14H2,1-2H3. The van der Waals surface area contributed by atoms with Crippen LogP contribution in [0.5, 0.6) is 0 Å². The van der Waals surface area contributed by atoms with E-state index in [0.29, 0.717) is 24.6 Å². The molecule has 0 radical (unpaired) electrons. The second-order valence-corrected chi connectivity index (χ2v) is 4.50. The predicted molar refractivity (Wildman–Crippen MR) is 73.0 cm³/mol. The molecule has 0 saturated heterocycles. The van der Waals surface area contributed by atoms with Crippen LogP contribution in [-0.2, 0) is 11.8 Å². The smallest absolute Gasteiger partial charge is 0.258 e. The van der Waals surface area contributed by atoms with Gasteiger partial charge in [0.25, 0.3) is 11.4 Å².